The van der Waals surface area contributed by atoms with E-state index in [0.717, 1.165) is 24.9 Å². The molecule has 25 heavy (non-hydrogen) atoms. The maximum atomic E-state index is 11.8. The number of rotatable bonds is 9. The second kappa shape index (κ2) is 11.2. The van der Waals surface area contributed by atoms with Gasteiger partial charge in [0.25, 0.3) is 0 Å². The third-order valence-corrected chi connectivity index (χ3v) is 3.60. The van der Waals surface area contributed by atoms with Crippen molar-refractivity contribution < 1.29 is 14.3 Å². The molecule has 0 aliphatic heterocycles. The van der Waals surface area contributed by atoms with E-state index < -0.39 is 0 Å². The molecule has 0 unspecified atom stereocenters. The minimum Gasteiger partial charge on any atom is -0.493 e. The van der Waals surface area contributed by atoms with Crippen LogP contribution < -0.4 is 20.1 Å². The Kier molecular flexibility index (Phi) is 9.21. The van der Waals surface area contributed by atoms with Gasteiger partial charge in [0.15, 0.2) is 17.5 Å². The van der Waals surface area contributed by atoms with Crippen LogP contribution >= 0.6 is 0 Å². The maximum absolute atomic E-state index is 11.8. The van der Waals surface area contributed by atoms with Gasteiger partial charge in [-0.1, -0.05) is 19.4 Å². The topological polar surface area (TPSA) is 75.2 Å². The van der Waals surface area contributed by atoms with E-state index in [-0.39, 0.29) is 12.5 Å². The number of amides is 1. The van der Waals surface area contributed by atoms with Crippen molar-refractivity contribution in [1.82, 2.24) is 15.5 Å². The van der Waals surface area contributed by atoms with Crippen molar-refractivity contribution in [2.75, 3.05) is 41.4 Å². The molecule has 1 aromatic rings. The third-order valence-electron chi connectivity index (χ3n) is 3.60. The van der Waals surface area contributed by atoms with E-state index in [0.29, 0.717) is 24.0 Å². The third kappa shape index (κ3) is 7.32. The second-order valence-corrected chi connectivity index (χ2v) is 5.78. The molecular formula is C18H30N4O3. The molecule has 2 N–H and O–H groups in total. The summed E-state index contributed by atoms with van der Waals surface area (Å²) in [5.41, 5.74) is 0.994. The Morgan fingerprint density at radius 1 is 1.16 bits per heavy atom. The van der Waals surface area contributed by atoms with Crippen LogP contribution in [-0.4, -0.2) is 58.2 Å². The Labute approximate surface area is 150 Å². The summed E-state index contributed by atoms with van der Waals surface area (Å²) in [6.07, 6.45) is 2.13. The molecule has 0 saturated heterocycles. The molecule has 1 amide bonds. The zero-order valence-electron chi connectivity index (χ0n) is 15.9. The summed E-state index contributed by atoms with van der Waals surface area (Å²) >= 11 is 0. The van der Waals surface area contributed by atoms with Crippen molar-refractivity contribution in [1.29, 1.82) is 0 Å². The van der Waals surface area contributed by atoms with Crippen LogP contribution in [0.3, 0.4) is 0 Å². The van der Waals surface area contributed by atoms with E-state index in [4.69, 9.17) is 9.47 Å². The molecule has 0 spiro atoms. The fraction of sp³-hybridized carbons (Fsp3) is 0.556. The number of benzene rings is 1. The molecule has 1 rings (SSSR count). The minimum atomic E-state index is -0.00360. The number of guanidine groups is 1. The minimum absolute atomic E-state index is 0.00360. The number of carbonyl (C=O) groups is 1. The molecule has 0 saturated carbocycles. The number of likely N-dealkylation sites (N-methyl/N-ethyl adjacent to an activating group) is 1. The highest BCUT2D eigenvalue weighted by molar-refractivity contribution is 5.86. The van der Waals surface area contributed by atoms with Crippen LogP contribution in [0, 0.1) is 0 Å². The van der Waals surface area contributed by atoms with E-state index in [1.165, 1.54) is 0 Å². The van der Waals surface area contributed by atoms with Crippen LogP contribution in [-0.2, 0) is 11.3 Å². The lowest BCUT2D eigenvalue weighted by molar-refractivity contribution is -0.127. The Hall–Kier alpha value is -2.44. The van der Waals surface area contributed by atoms with Gasteiger partial charge >= 0.3 is 0 Å². The van der Waals surface area contributed by atoms with Crippen LogP contribution in [0.15, 0.2) is 23.2 Å². The Morgan fingerprint density at radius 2 is 1.88 bits per heavy atom. The normalized spacial score (nSPS) is 11.0. The van der Waals surface area contributed by atoms with E-state index in [2.05, 4.69) is 22.5 Å². The molecule has 0 bridgehead atoms. The lowest BCUT2D eigenvalue weighted by Gasteiger charge is -2.15. The summed E-state index contributed by atoms with van der Waals surface area (Å²) in [6.45, 7) is 3.62. The van der Waals surface area contributed by atoms with Gasteiger partial charge in [-0.05, 0) is 24.1 Å². The number of aliphatic imine (C=N–C) groups is 1. The number of hydrogen-bond donors (Lipinski definition) is 2. The van der Waals surface area contributed by atoms with Gasteiger partial charge in [-0.25, -0.2) is 4.99 Å². The Bertz CT molecular complexity index is 573. The smallest absolute Gasteiger partial charge is 0.241 e. The van der Waals surface area contributed by atoms with Gasteiger partial charge in [0.05, 0.1) is 27.3 Å². The highest BCUT2D eigenvalue weighted by atomic mass is 16.5. The molecule has 7 heteroatoms. The SMILES string of the molecule is CCCCNC(=NCc1ccc(OC)c(OC)c1)NCC(=O)N(C)C. The molecular weight excluding hydrogens is 320 g/mol. The number of carbonyl (C=O) groups excluding carboxylic acids is 1. The van der Waals surface area contributed by atoms with Gasteiger partial charge in [0.2, 0.25) is 5.91 Å². The summed E-state index contributed by atoms with van der Waals surface area (Å²) in [4.78, 5) is 17.9. The lowest BCUT2D eigenvalue weighted by atomic mass is 10.2. The lowest BCUT2D eigenvalue weighted by Crippen LogP contribution is -2.43. The first-order valence-corrected chi connectivity index (χ1v) is 8.45. The van der Waals surface area contributed by atoms with Crippen molar-refractivity contribution in [3.8, 4) is 11.5 Å². The summed E-state index contributed by atoms with van der Waals surface area (Å²) in [5, 5.41) is 6.32. The van der Waals surface area contributed by atoms with Gasteiger partial charge in [0.1, 0.15) is 0 Å². The number of nitrogens with one attached hydrogen (secondary N) is 2. The zero-order chi connectivity index (χ0) is 18.7. The summed E-state index contributed by atoms with van der Waals surface area (Å²) in [6, 6.07) is 5.70. The van der Waals surface area contributed by atoms with Crippen LogP contribution in [0.4, 0.5) is 0 Å². The molecule has 7 nitrogen and oxygen atoms in total. The number of ether oxygens (including phenoxy) is 2. The van der Waals surface area contributed by atoms with E-state index in [9.17, 15) is 4.79 Å². The van der Waals surface area contributed by atoms with Crippen LogP contribution in [0.25, 0.3) is 0 Å². The predicted molar refractivity (Wildman–Crippen MR) is 100 cm³/mol. The molecule has 0 aliphatic rings. The molecule has 0 radical (unpaired) electrons. The van der Waals surface area contributed by atoms with Crippen molar-refractivity contribution in [3.63, 3.8) is 0 Å². The molecule has 140 valence electrons. The van der Waals surface area contributed by atoms with Crippen molar-refractivity contribution in [2.24, 2.45) is 4.99 Å². The summed E-state index contributed by atoms with van der Waals surface area (Å²) in [5.74, 6) is 1.98. The molecule has 1 aromatic carbocycles. The standard InChI is InChI=1S/C18H30N4O3/c1-6-7-10-19-18(21-13-17(23)22(2)3)20-12-14-8-9-15(24-4)16(11-14)25-5/h8-9,11H,6-7,10,12-13H2,1-5H3,(H2,19,20,21). The summed E-state index contributed by atoms with van der Waals surface area (Å²) < 4.78 is 10.6. The molecule has 0 fully saturated rings. The number of nitrogens with zero attached hydrogens (tertiary/aromatic N) is 2. The van der Waals surface area contributed by atoms with Gasteiger partial charge in [-0.2, -0.15) is 0 Å². The molecule has 0 aromatic heterocycles. The maximum Gasteiger partial charge on any atom is 0.241 e. The zero-order valence-corrected chi connectivity index (χ0v) is 15.9. The summed E-state index contributed by atoms with van der Waals surface area (Å²) in [7, 11) is 6.68. The predicted octanol–water partition coefficient (Wildman–Crippen LogP) is 1.63. The van der Waals surface area contributed by atoms with Crippen LogP contribution in [0.1, 0.15) is 25.3 Å². The first-order chi connectivity index (χ1) is 12.0. The monoisotopic (exact) mass is 350 g/mol. The molecule has 0 aliphatic carbocycles. The first-order valence-electron chi connectivity index (χ1n) is 8.45. The fourth-order valence-corrected chi connectivity index (χ4v) is 2.02. The first kappa shape index (κ1) is 20.6. The van der Waals surface area contributed by atoms with Gasteiger partial charge in [-0.15, -0.1) is 0 Å². The van der Waals surface area contributed by atoms with Gasteiger partial charge in [-0.3, -0.25) is 4.79 Å². The Morgan fingerprint density at radius 3 is 2.48 bits per heavy atom. The number of hydrogen-bond acceptors (Lipinski definition) is 4. The van der Waals surface area contributed by atoms with Crippen LogP contribution in [0.5, 0.6) is 11.5 Å². The van der Waals surface area contributed by atoms with E-state index >= 15 is 0 Å². The molecule has 0 heterocycles. The van der Waals surface area contributed by atoms with E-state index in [1.54, 1.807) is 33.2 Å². The highest BCUT2D eigenvalue weighted by Gasteiger charge is 2.07. The number of methoxy groups -OCH3 is 2. The highest BCUT2D eigenvalue weighted by Crippen LogP contribution is 2.27. The van der Waals surface area contributed by atoms with Crippen molar-refractivity contribution in [2.45, 2.75) is 26.3 Å². The van der Waals surface area contributed by atoms with Gasteiger partial charge in [0, 0.05) is 20.6 Å². The number of unbranched alkanes of at least 4 members (excludes halogenated alkanes) is 1. The van der Waals surface area contributed by atoms with Crippen molar-refractivity contribution >= 4 is 11.9 Å². The Balaban J connectivity index is 2.77. The largest absolute Gasteiger partial charge is 0.493 e. The quantitative estimate of drug-likeness (QED) is 0.402. The average molecular weight is 350 g/mol. The van der Waals surface area contributed by atoms with Gasteiger partial charge < -0.3 is 25.0 Å². The van der Waals surface area contributed by atoms with Crippen molar-refractivity contribution in [3.05, 3.63) is 23.8 Å². The average Bonchev–Trinajstić information content (AvgIpc) is 2.62. The fourth-order valence-electron chi connectivity index (χ4n) is 2.02. The van der Waals surface area contributed by atoms with Crippen LogP contribution in [0.2, 0.25) is 0 Å². The van der Waals surface area contributed by atoms with E-state index in [1.807, 2.05) is 18.2 Å². The molecule has 0 atom stereocenters. The second-order valence-electron chi connectivity index (χ2n) is 5.78.